The summed E-state index contributed by atoms with van der Waals surface area (Å²) in [6.45, 7) is 2.42. The highest BCUT2D eigenvalue weighted by molar-refractivity contribution is 5.93. The summed E-state index contributed by atoms with van der Waals surface area (Å²) in [7, 11) is 0. The number of aromatic nitrogens is 4. The van der Waals surface area contributed by atoms with E-state index >= 15 is 0 Å². The van der Waals surface area contributed by atoms with Gasteiger partial charge in [-0.3, -0.25) is 4.98 Å². The highest BCUT2D eigenvalue weighted by Crippen LogP contribution is 2.35. The molecule has 0 bridgehead atoms. The fourth-order valence-corrected chi connectivity index (χ4v) is 4.92. The van der Waals surface area contributed by atoms with Crippen LogP contribution in [0.15, 0.2) is 85.2 Å². The van der Waals surface area contributed by atoms with Gasteiger partial charge in [0.1, 0.15) is 5.75 Å². The van der Waals surface area contributed by atoms with Crippen LogP contribution in [0, 0.1) is 20.8 Å². The van der Waals surface area contributed by atoms with E-state index in [2.05, 4.69) is 29.4 Å². The first kappa shape index (κ1) is 33.9. The second-order valence-electron chi connectivity index (χ2n) is 10.6. The Bertz CT molecular complexity index is 2090. The highest BCUT2D eigenvalue weighted by Gasteiger charge is 2.31. The smallest absolute Gasteiger partial charge is 0.415 e. The van der Waals surface area contributed by atoms with Crippen LogP contribution in [0.5, 0.6) is 11.6 Å². The third kappa shape index (κ3) is 8.30. The molecule has 6 nitrogen and oxygen atoms in total. The standard InChI is InChI=1S/C17H11F5N2O.C17H13F3N2O/c1-9-5-12(10-3-2-4-11(7-10)17(20,21)22)15-13(6-9)24-14(8-23-15)25-16(18)19;1-10-6-14(16-15(7-10)22-11(2)9-21-16)12-4-3-5-13(8-12)23-17(18,19)20/h2-8,16H,1H3;3-9H,1-2H3. The van der Waals surface area contributed by atoms with Crippen molar-refractivity contribution in [3.05, 3.63) is 108 Å². The van der Waals surface area contributed by atoms with E-state index in [9.17, 15) is 35.1 Å². The molecular weight excluding hydrogens is 648 g/mol. The van der Waals surface area contributed by atoms with E-state index in [-0.39, 0.29) is 17.1 Å². The Labute approximate surface area is 268 Å². The quantitative estimate of drug-likeness (QED) is 0.170. The first-order chi connectivity index (χ1) is 22.6. The van der Waals surface area contributed by atoms with E-state index in [1.54, 1.807) is 31.3 Å². The van der Waals surface area contributed by atoms with Crippen molar-refractivity contribution in [3.63, 3.8) is 0 Å². The molecule has 0 amide bonds. The van der Waals surface area contributed by atoms with Gasteiger partial charge < -0.3 is 9.47 Å². The molecular formula is C34H24F8N4O2. The van der Waals surface area contributed by atoms with Gasteiger partial charge in [0.25, 0.3) is 0 Å². The minimum Gasteiger partial charge on any atom is -0.415 e. The second-order valence-corrected chi connectivity index (χ2v) is 10.6. The zero-order valence-electron chi connectivity index (χ0n) is 25.3. The molecule has 6 rings (SSSR count). The molecule has 48 heavy (non-hydrogen) atoms. The van der Waals surface area contributed by atoms with Gasteiger partial charge in [-0.2, -0.15) is 22.0 Å². The zero-order chi connectivity index (χ0) is 34.8. The van der Waals surface area contributed by atoms with Crippen molar-refractivity contribution in [2.45, 2.75) is 39.9 Å². The summed E-state index contributed by atoms with van der Waals surface area (Å²) in [4.78, 5) is 16.8. The third-order valence-electron chi connectivity index (χ3n) is 6.77. The Morgan fingerprint density at radius 3 is 1.79 bits per heavy atom. The summed E-state index contributed by atoms with van der Waals surface area (Å²) < 4.78 is 109. The normalized spacial score (nSPS) is 11.8. The number of fused-ring (bicyclic) bond motifs is 2. The van der Waals surface area contributed by atoms with Crippen LogP contribution in [0.4, 0.5) is 35.1 Å². The van der Waals surface area contributed by atoms with E-state index in [1.807, 2.05) is 26.0 Å². The number of alkyl halides is 8. The Balaban J connectivity index is 0.000000188. The molecule has 6 aromatic rings. The minimum atomic E-state index is -4.72. The Morgan fingerprint density at radius 2 is 1.21 bits per heavy atom. The lowest BCUT2D eigenvalue weighted by molar-refractivity contribution is -0.274. The summed E-state index contributed by atoms with van der Waals surface area (Å²) in [5, 5.41) is 0. The van der Waals surface area contributed by atoms with Crippen molar-refractivity contribution in [2.75, 3.05) is 0 Å². The summed E-state index contributed by atoms with van der Waals surface area (Å²) in [5.41, 5.74) is 5.60. The zero-order valence-corrected chi connectivity index (χ0v) is 25.3. The first-order valence-electron chi connectivity index (χ1n) is 14.1. The summed E-state index contributed by atoms with van der Waals surface area (Å²) in [6, 6.07) is 17.7. The fraction of sp³-hybridized carbons (Fsp3) is 0.176. The summed E-state index contributed by atoms with van der Waals surface area (Å²) >= 11 is 0. The molecule has 0 aliphatic heterocycles. The van der Waals surface area contributed by atoms with Crippen LogP contribution in [0.1, 0.15) is 22.4 Å². The van der Waals surface area contributed by atoms with Gasteiger partial charge in [0.2, 0.25) is 5.88 Å². The van der Waals surface area contributed by atoms with Crippen molar-refractivity contribution in [2.24, 2.45) is 0 Å². The number of aryl methyl sites for hydroxylation is 3. The van der Waals surface area contributed by atoms with Crippen molar-refractivity contribution in [3.8, 4) is 33.9 Å². The molecule has 0 radical (unpaired) electrons. The average molecular weight is 673 g/mol. The fourth-order valence-electron chi connectivity index (χ4n) is 4.92. The number of hydrogen-bond donors (Lipinski definition) is 0. The molecule has 0 atom stereocenters. The number of hydrogen-bond acceptors (Lipinski definition) is 6. The van der Waals surface area contributed by atoms with E-state index in [0.29, 0.717) is 38.8 Å². The molecule has 14 heteroatoms. The topological polar surface area (TPSA) is 70.0 Å². The Hall–Kier alpha value is -5.40. The maximum atomic E-state index is 12.9. The van der Waals surface area contributed by atoms with E-state index < -0.39 is 24.7 Å². The van der Waals surface area contributed by atoms with Crippen LogP contribution in [-0.2, 0) is 6.18 Å². The number of ether oxygens (including phenoxy) is 2. The molecule has 2 heterocycles. The lowest BCUT2D eigenvalue weighted by atomic mass is 9.99. The van der Waals surface area contributed by atoms with Gasteiger partial charge in [0, 0.05) is 17.3 Å². The molecule has 0 N–H and O–H groups in total. The molecule has 0 aliphatic carbocycles. The maximum absolute atomic E-state index is 12.9. The van der Waals surface area contributed by atoms with Gasteiger partial charge in [0.05, 0.1) is 39.5 Å². The average Bonchev–Trinajstić information content (AvgIpc) is 2.99. The predicted molar refractivity (Wildman–Crippen MR) is 162 cm³/mol. The van der Waals surface area contributed by atoms with Crippen LogP contribution in [0.3, 0.4) is 0 Å². The van der Waals surface area contributed by atoms with Crippen molar-refractivity contribution < 1.29 is 44.6 Å². The third-order valence-corrected chi connectivity index (χ3v) is 6.77. The van der Waals surface area contributed by atoms with Crippen molar-refractivity contribution in [1.29, 1.82) is 0 Å². The van der Waals surface area contributed by atoms with Gasteiger partial charge in [-0.1, -0.05) is 24.3 Å². The van der Waals surface area contributed by atoms with E-state index in [0.717, 1.165) is 35.2 Å². The predicted octanol–water partition coefficient (Wildman–Crippen LogP) is 10.0. The molecule has 0 spiro atoms. The summed E-state index contributed by atoms with van der Waals surface area (Å²) in [5.74, 6) is -0.618. The van der Waals surface area contributed by atoms with Gasteiger partial charge in [-0.25, -0.2) is 15.0 Å². The lowest BCUT2D eigenvalue weighted by Crippen LogP contribution is -2.17. The molecule has 2 aromatic heterocycles. The molecule has 248 valence electrons. The van der Waals surface area contributed by atoms with Gasteiger partial charge in [0.15, 0.2) is 0 Å². The van der Waals surface area contributed by atoms with Crippen LogP contribution in [0.25, 0.3) is 44.3 Å². The number of rotatable bonds is 5. The minimum absolute atomic E-state index is 0.255. The molecule has 4 aromatic carbocycles. The van der Waals surface area contributed by atoms with Gasteiger partial charge >= 0.3 is 19.2 Å². The Kier molecular flexibility index (Phi) is 9.46. The van der Waals surface area contributed by atoms with Crippen LogP contribution in [-0.4, -0.2) is 32.9 Å². The van der Waals surface area contributed by atoms with Gasteiger partial charge in [-0.15, -0.1) is 13.2 Å². The van der Waals surface area contributed by atoms with E-state index in [4.69, 9.17) is 0 Å². The van der Waals surface area contributed by atoms with Crippen LogP contribution >= 0.6 is 0 Å². The molecule has 0 aliphatic rings. The Morgan fingerprint density at radius 1 is 0.646 bits per heavy atom. The number of nitrogens with zero attached hydrogens (tertiary/aromatic N) is 4. The first-order valence-corrected chi connectivity index (χ1v) is 14.1. The molecule has 0 saturated heterocycles. The molecule has 0 saturated carbocycles. The second kappa shape index (κ2) is 13.4. The monoisotopic (exact) mass is 672 g/mol. The number of halogens is 8. The molecule has 0 unspecified atom stereocenters. The van der Waals surface area contributed by atoms with Crippen molar-refractivity contribution >= 4 is 22.1 Å². The highest BCUT2D eigenvalue weighted by atomic mass is 19.4. The van der Waals surface area contributed by atoms with Crippen LogP contribution < -0.4 is 9.47 Å². The van der Waals surface area contributed by atoms with Crippen molar-refractivity contribution in [1.82, 2.24) is 19.9 Å². The number of benzene rings is 4. The summed E-state index contributed by atoms with van der Waals surface area (Å²) in [6.07, 6.45) is -6.54. The lowest BCUT2D eigenvalue weighted by Gasteiger charge is -2.12. The maximum Gasteiger partial charge on any atom is 0.573 e. The van der Waals surface area contributed by atoms with Gasteiger partial charge in [-0.05, 0) is 91.6 Å². The molecule has 0 fully saturated rings. The van der Waals surface area contributed by atoms with Crippen LogP contribution in [0.2, 0.25) is 0 Å². The van der Waals surface area contributed by atoms with E-state index in [1.165, 1.54) is 30.3 Å². The largest absolute Gasteiger partial charge is 0.573 e. The SMILES string of the molecule is Cc1cc(-c2cccc(C(F)(F)F)c2)c2ncc(OC(F)F)nc2c1.Cc1cc(-c2cccc(OC(F)(F)F)c2)c2ncc(C)nc2c1.